The fourth-order valence-corrected chi connectivity index (χ4v) is 2.26. The molecule has 0 fully saturated rings. The number of nitrogens with zero attached hydrogens (tertiary/aromatic N) is 1. The average Bonchev–Trinajstić information content (AvgIpc) is 2.28. The molecule has 96 valence electrons. The molecule has 5 nitrogen and oxygen atoms in total. The Morgan fingerprint density at radius 3 is 2.67 bits per heavy atom. The van der Waals surface area contributed by atoms with Crippen molar-refractivity contribution in [2.45, 2.75) is 13.3 Å². The van der Waals surface area contributed by atoms with Gasteiger partial charge >= 0.3 is 0 Å². The Hall–Kier alpha value is -1.87. The largest absolute Gasteiger partial charge is 0.325 e. The van der Waals surface area contributed by atoms with Crippen LogP contribution in [0.5, 0.6) is 0 Å². The third kappa shape index (κ3) is 4.18. The molecule has 0 radical (unpaired) electrons. The van der Waals surface area contributed by atoms with Gasteiger partial charge in [0, 0.05) is 5.69 Å². The minimum absolute atomic E-state index is 0.608. The first-order valence-electron chi connectivity index (χ1n) is 5.43. The molecular weight excluding hydrogens is 252 g/mol. The number of carbonyl (C=O) groups is 1. The number of carbonyl (C=O) groups excluding carboxylic acids is 1. The predicted octanol–water partition coefficient (Wildman–Crippen LogP) is 1.13. The van der Waals surface area contributed by atoms with E-state index in [1.54, 1.807) is 12.1 Å². The molecule has 0 heterocycles. The number of para-hydroxylation sites is 1. The van der Waals surface area contributed by atoms with Crippen LogP contribution in [0.1, 0.15) is 12.5 Å². The SMILES string of the molecule is CCc1ccccc1NC(=O)CS(=O)(=O)CC#N. The second-order valence-corrected chi connectivity index (χ2v) is 5.81. The van der Waals surface area contributed by atoms with E-state index < -0.39 is 27.3 Å². The molecule has 0 unspecified atom stereocenters. The van der Waals surface area contributed by atoms with Crippen molar-refractivity contribution in [3.63, 3.8) is 0 Å². The van der Waals surface area contributed by atoms with Crippen molar-refractivity contribution in [1.82, 2.24) is 0 Å². The molecule has 0 saturated carbocycles. The second kappa shape index (κ2) is 6.17. The number of rotatable bonds is 5. The quantitative estimate of drug-likeness (QED) is 0.865. The third-order valence-corrected chi connectivity index (χ3v) is 3.58. The van der Waals surface area contributed by atoms with Crippen molar-refractivity contribution < 1.29 is 13.2 Å². The maximum absolute atomic E-state index is 11.6. The van der Waals surface area contributed by atoms with Gasteiger partial charge in [-0.05, 0) is 18.1 Å². The van der Waals surface area contributed by atoms with E-state index in [0.717, 1.165) is 12.0 Å². The summed E-state index contributed by atoms with van der Waals surface area (Å²) in [5.41, 5.74) is 1.54. The molecule has 1 aromatic rings. The van der Waals surface area contributed by atoms with Crippen LogP contribution in [-0.4, -0.2) is 25.8 Å². The van der Waals surface area contributed by atoms with Crippen molar-refractivity contribution >= 4 is 21.4 Å². The van der Waals surface area contributed by atoms with Gasteiger partial charge in [-0.25, -0.2) is 8.42 Å². The van der Waals surface area contributed by atoms with E-state index in [1.807, 2.05) is 19.1 Å². The zero-order valence-electron chi connectivity index (χ0n) is 10.0. The predicted molar refractivity (Wildman–Crippen MR) is 68.7 cm³/mol. The summed E-state index contributed by atoms with van der Waals surface area (Å²) in [6.07, 6.45) is 0.737. The number of anilines is 1. The highest BCUT2D eigenvalue weighted by Gasteiger charge is 2.16. The normalized spacial score (nSPS) is 10.7. The maximum atomic E-state index is 11.6. The molecular formula is C12H14N2O3S. The van der Waals surface area contributed by atoms with E-state index in [2.05, 4.69) is 5.32 Å². The minimum Gasteiger partial charge on any atom is -0.325 e. The van der Waals surface area contributed by atoms with Gasteiger partial charge in [0.2, 0.25) is 5.91 Å². The fourth-order valence-electron chi connectivity index (χ4n) is 1.49. The Morgan fingerprint density at radius 2 is 2.06 bits per heavy atom. The zero-order valence-corrected chi connectivity index (χ0v) is 10.8. The molecule has 18 heavy (non-hydrogen) atoms. The summed E-state index contributed by atoms with van der Waals surface area (Å²) < 4.78 is 22.6. The number of nitriles is 1. The number of aryl methyl sites for hydroxylation is 1. The summed E-state index contributed by atoms with van der Waals surface area (Å²) in [7, 11) is -3.64. The van der Waals surface area contributed by atoms with Gasteiger partial charge in [-0.2, -0.15) is 5.26 Å². The van der Waals surface area contributed by atoms with Crippen molar-refractivity contribution in [2.75, 3.05) is 16.8 Å². The van der Waals surface area contributed by atoms with Crippen LogP contribution in [-0.2, 0) is 21.1 Å². The molecule has 0 spiro atoms. The van der Waals surface area contributed by atoms with Crippen LogP contribution in [0.2, 0.25) is 0 Å². The lowest BCUT2D eigenvalue weighted by molar-refractivity contribution is -0.113. The molecule has 0 aliphatic carbocycles. The lowest BCUT2D eigenvalue weighted by atomic mass is 10.1. The highest BCUT2D eigenvalue weighted by atomic mass is 32.2. The van der Waals surface area contributed by atoms with Crippen molar-refractivity contribution in [1.29, 1.82) is 5.26 Å². The van der Waals surface area contributed by atoms with Crippen LogP contribution < -0.4 is 5.32 Å². The summed E-state index contributed by atoms with van der Waals surface area (Å²) >= 11 is 0. The van der Waals surface area contributed by atoms with E-state index in [4.69, 9.17) is 5.26 Å². The van der Waals surface area contributed by atoms with Gasteiger partial charge in [-0.15, -0.1) is 0 Å². The Labute approximate surface area is 106 Å². The van der Waals surface area contributed by atoms with E-state index in [1.165, 1.54) is 6.07 Å². The molecule has 0 bridgehead atoms. The molecule has 0 atom stereocenters. The second-order valence-electron chi connectivity index (χ2n) is 3.75. The van der Waals surface area contributed by atoms with Crippen LogP contribution in [0.3, 0.4) is 0 Å². The number of sulfone groups is 1. The Bertz CT molecular complexity index is 573. The fraction of sp³-hybridized carbons (Fsp3) is 0.333. The van der Waals surface area contributed by atoms with Crippen molar-refractivity contribution in [3.05, 3.63) is 29.8 Å². The first-order valence-corrected chi connectivity index (χ1v) is 7.25. The minimum atomic E-state index is -3.64. The maximum Gasteiger partial charge on any atom is 0.239 e. The number of amides is 1. The average molecular weight is 266 g/mol. The van der Waals surface area contributed by atoms with Crippen LogP contribution in [0.4, 0.5) is 5.69 Å². The lowest BCUT2D eigenvalue weighted by Crippen LogP contribution is -2.24. The smallest absolute Gasteiger partial charge is 0.239 e. The lowest BCUT2D eigenvalue weighted by Gasteiger charge is -2.09. The van der Waals surface area contributed by atoms with Gasteiger partial charge in [-0.1, -0.05) is 25.1 Å². The number of nitrogens with one attached hydrogen (secondary N) is 1. The van der Waals surface area contributed by atoms with Crippen LogP contribution in [0, 0.1) is 11.3 Å². The molecule has 1 rings (SSSR count). The zero-order chi connectivity index (χ0) is 13.6. The molecule has 1 aromatic carbocycles. The van der Waals surface area contributed by atoms with Gasteiger partial charge in [0.15, 0.2) is 9.84 Å². The molecule has 1 amide bonds. The molecule has 0 aromatic heterocycles. The molecule has 1 N–H and O–H groups in total. The summed E-state index contributed by atoms with van der Waals surface area (Å²) in [6.45, 7) is 1.94. The van der Waals surface area contributed by atoms with Gasteiger partial charge < -0.3 is 5.32 Å². The molecule has 0 saturated heterocycles. The highest BCUT2D eigenvalue weighted by Crippen LogP contribution is 2.15. The highest BCUT2D eigenvalue weighted by molar-refractivity contribution is 7.92. The van der Waals surface area contributed by atoms with Crippen molar-refractivity contribution in [3.8, 4) is 6.07 Å². The van der Waals surface area contributed by atoms with E-state index >= 15 is 0 Å². The summed E-state index contributed by atoms with van der Waals surface area (Å²) in [4.78, 5) is 11.6. The summed E-state index contributed by atoms with van der Waals surface area (Å²) in [5.74, 6) is -1.93. The standard InChI is InChI=1S/C12H14N2O3S/c1-2-10-5-3-4-6-11(10)14-12(15)9-18(16,17)8-7-13/h3-6H,2,8-9H2,1H3,(H,14,15). The summed E-state index contributed by atoms with van der Waals surface area (Å²) in [6, 6.07) is 8.72. The number of hydrogen-bond acceptors (Lipinski definition) is 4. The Balaban J connectivity index is 2.74. The van der Waals surface area contributed by atoms with E-state index in [-0.39, 0.29) is 0 Å². The molecule has 0 aliphatic rings. The topological polar surface area (TPSA) is 87.0 Å². The van der Waals surface area contributed by atoms with Crippen molar-refractivity contribution in [2.24, 2.45) is 0 Å². The molecule has 0 aliphatic heterocycles. The monoisotopic (exact) mass is 266 g/mol. The molecule has 6 heteroatoms. The van der Waals surface area contributed by atoms with E-state index in [9.17, 15) is 13.2 Å². The van der Waals surface area contributed by atoms with E-state index in [0.29, 0.717) is 5.69 Å². The van der Waals surface area contributed by atoms with Gasteiger partial charge in [0.25, 0.3) is 0 Å². The van der Waals surface area contributed by atoms with Crippen LogP contribution in [0.25, 0.3) is 0 Å². The Kier molecular flexibility index (Phi) is 4.86. The van der Waals surface area contributed by atoms with Crippen LogP contribution >= 0.6 is 0 Å². The summed E-state index contributed by atoms with van der Waals surface area (Å²) in [5, 5.41) is 10.9. The third-order valence-electron chi connectivity index (χ3n) is 2.31. The first-order chi connectivity index (χ1) is 8.48. The van der Waals surface area contributed by atoms with Gasteiger partial charge in [0.1, 0.15) is 11.5 Å². The van der Waals surface area contributed by atoms with Crippen LogP contribution in [0.15, 0.2) is 24.3 Å². The first kappa shape index (κ1) is 14.2. The van der Waals surface area contributed by atoms with Gasteiger partial charge in [0.05, 0.1) is 6.07 Å². The number of hydrogen-bond donors (Lipinski definition) is 1. The Morgan fingerprint density at radius 1 is 1.39 bits per heavy atom. The van der Waals surface area contributed by atoms with Gasteiger partial charge in [-0.3, -0.25) is 4.79 Å². The number of benzene rings is 1.